The molecule has 0 aromatic heterocycles. The number of hydrogen-bond acceptors (Lipinski definition) is 3. The minimum absolute atomic E-state index is 0.0532. The van der Waals surface area contributed by atoms with Crippen molar-refractivity contribution in [2.24, 2.45) is 16.8 Å². The van der Waals surface area contributed by atoms with Gasteiger partial charge >= 0.3 is 0 Å². The van der Waals surface area contributed by atoms with E-state index in [2.05, 4.69) is 10.5 Å². The maximum absolute atomic E-state index is 11.6. The third-order valence-corrected chi connectivity index (χ3v) is 2.63. The molecule has 0 heterocycles. The van der Waals surface area contributed by atoms with Gasteiger partial charge in [-0.3, -0.25) is 4.79 Å². The Kier molecular flexibility index (Phi) is 4.59. The first-order chi connectivity index (χ1) is 6.74. The molecule has 0 saturated heterocycles. The van der Waals surface area contributed by atoms with Crippen LogP contribution in [0.1, 0.15) is 39.0 Å². The number of rotatable bonds is 3. The van der Waals surface area contributed by atoms with Gasteiger partial charge in [-0.15, -0.1) is 0 Å². The molecule has 0 aromatic carbocycles. The third-order valence-electron chi connectivity index (χ3n) is 2.63. The molecule has 1 aliphatic carbocycles. The van der Waals surface area contributed by atoms with Gasteiger partial charge in [0.2, 0.25) is 5.91 Å². The summed E-state index contributed by atoms with van der Waals surface area (Å²) in [4.78, 5) is 11.6. The monoisotopic (exact) mass is 197 g/mol. The molecule has 1 fully saturated rings. The normalized spacial score (nSPS) is 19.4. The first-order valence-corrected chi connectivity index (χ1v) is 5.27. The number of carbonyl (C=O) groups excluding carboxylic acids is 1. The van der Waals surface area contributed by atoms with Gasteiger partial charge in [-0.1, -0.05) is 19.3 Å². The highest BCUT2D eigenvalue weighted by atomic mass is 16.2. The van der Waals surface area contributed by atoms with E-state index in [-0.39, 0.29) is 11.8 Å². The molecule has 80 valence electrons. The molecule has 4 heteroatoms. The van der Waals surface area contributed by atoms with E-state index >= 15 is 0 Å². The summed E-state index contributed by atoms with van der Waals surface area (Å²) in [5.74, 6) is 0.218. The van der Waals surface area contributed by atoms with Crippen LogP contribution in [0.15, 0.2) is 5.10 Å². The van der Waals surface area contributed by atoms with Crippen LogP contribution in [0.4, 0.5) is 0 Å². The minimum Gasteiger partial charge on any atom is -0.325 e. The standard InChI is InChI=1S/C10H19N3O/c1-8(7-11)12-13-10(14)9-5-3-2-4-6-9/h9H,2-7,11H2,1H3,(H,13,14)/b12-8+. The lowest BCUT2D eigenvalue weighted by atomic mass is 9.89. The zero-order valence-corrected chi connectivity index (χ0v) is 8.75. The van der Waals surface area contributed by atoms with Crippen LogP contribution in [0.25, 0.3) is 0 Å². The Hall–Kier alpha value is -0.900. The van der Waals surface area contributed by atoms with Crippen molar-refractivity contribution >= 4 is 11.6 Å². The SMILES string of the molecule is C/C(CN)=N\NC(=O)C1CCCCC1. The average Bonchev–Trinajstić information content (AvgIpc) is 2.26. The van der Waals surface area contributed by atoms with E-state index in [1.54, 1.807) is 6.92 Å². The van der Waals surface area contributed by atoms with Gasteiger partial charge in [0.15, 0.2) is 0 Å². The van der Waals surface area contributed by atoms with Crippen LogP contribution in [0.5, 0.6) is 0 Å². The van der Waals surface area contributed by atoms with Crippen molar-refractivity contribution in [2.75, 3.05) is 6.54 Å². The molecule has 0 bridgehead atoms. The van der Waals surface area contributed by atoms with Gasteiger partial charge in [0.25, 0.3) is 0 Å². The van der Waals surface area contributed by atoms with E-state index in [4.69, 9.17) is 5.73 Å². The predicted molar refractivity (Wildman–Crippen MR) is 56.9 cm³/mol. The molecule has 3 N–H and O–H groups in total. The van der Waals surface area contributed by atoms with Gasteiger partial charge < -0.3 is 5.73 Å². The lowest BCUT2D eigenvalue weighted by molar-refractivity contribution is -0.125. The summed E-state index contributed by atoms with van der Waals surface area (Å²) in [7, 11) is 0. The van der Waals surface area contributed by atoms with Crippen LogP contribution in [-0.4, -0.2) is 18.2 Å². The zero-order chi connectivity index (χ0) is 10.4. The molecule has 1 saturated carbocycles. The Morgan fingerprint density at radius 2 is 2.07 bits per heavy atom. The van der Waals surface area contributed by atoms with Crippen LogP contribution in [0.3, 0.4) is 0 Å². The summed E-state index contributed by atoms with van der Waals surface area (Å²) in [6, 6.07) is 0. The fourth-order valence-electron chi connectivity index (χ4n) is 1.65. The molecule has 0 radical (unpaired) electrons. The Morgan fingerprint density at radius 3 is 2.64 bits per heavy atom. The molecule has 0 aliphatic heterocycles. The largest absolute Gasteiger partial charge is 0.325 e. The summed E-state index contributed by atoms with van der Waals surface area (Å²) in [5.41, 5.74) is 8.69. The number of nitrogens with two attached hydrogens (primary N) is 1. The van der Waals surface area contributed by atoms with E-state index in [0.29, 0.717) is 6.54 Å². The smallest absolute Gasteiger partial charge is 0.243 e. The van der Waals surface area contributed by atoms with Gasteiger partial charge in [-0.25, -0.2) is 5.43 Å². The number of amides is 1. The van der Waals surface area contributed by atoms with Crippen molar-refractivity contribution in [1.82, 2.24) is 5.43 Å². The van der Waals surface area contributed by atoms with Gasteiger partial charge in [0.05, 0.1) is 0 Å². The molecule has 1 aliphatic rings. The highest BCUT2D eigenvalue weighted by Crippen LogP contribution is 2.23. The molecule has 0 unspecified atom stereocenters. The van der Waals surface area contributed by atoms with Gasteiger partial charge in [-0.2, -0.15) is 5.10 Å². The first kappa shape index (κ1) is 11.2. The summed E-state index contributed by atoms with van der Waals surface area (Å²) in [5, 5.41) is 3.91. The van der Waals surface area contributed by atoms with E-state index < -0.39 is 0 Å². The number of nitrogens with zero attached hydrogens (tertiary/aromatic N) is 1. The molecule has 0 spiro atoms. The van der Waals surface area contributed by atoms with Crippen molar-refractivity contribution < 1.29 is 4.79 Å². The van der Waals surface area contributed by atoms with Gasteiger partial charge in [0.1, 0.15) is 0 Å². The Labute approximate surface area is 84.9 Å². The van der Waals surface area contributed by atoms with Crippen molar-refractivity contribution in [3.8, 4) is 0 Å². The molecule has 0 atom stereocenters. The molecule has 1 amide bonds. The summed E-state index contributed by atoms with van der Waals surface area (Å²) in [6.07, 6.45) is 5.59. The Bertz CT molecular complexity index is 219. The summed E-state index contributed by atoms with van der Waals surface area (Å²) < 4.78 is 0. The van der Waals surface area contributed by atoms with E-state index in [9.17, 15) is 4.79 Å². The van der Waals surface area contributed by atoms with Crippen LogP contribution in [0, 0.1) is 5.92 Å². The topological polar surface area (TPSA) is 67.5 Å². The van der Waals surface area contributed by atoms with Crippen LogP contribution in [0.2, 0.25) is 0 Å². The van der Waals surface area contributed by atoms with Crippen molar-refractivity contribution in [3.05, 3.63) is 0 Å². The summed E-state index contributed by atoms with van der Waals surface area (Å²) >= 11 is 0. The van der Waals surface area contributed by atoms with Crippen LogP contribution >= 0.6 is 0 Å². The number of hydrogen-bond donors (Lipinski definition) is 2. The highest BCUT2D eigenvalue weighted by Gasteiger charge is 2.20. The second-order valence-corrected chi connectivity index (χ2v) is 3.86. The lowest BCUT2D eigenvalue weighted by Gasteiger charge is -2.19. The molecule has 1 rings (SSSR count). The number of nitrogens with one attached hydrogen (secondary N) is 1. The zero-order valence-electron chi connectivity index (χ0n) is 8.75. The van der Waals surface area contributed by atoms with Gasteiger partial charge in [-0.05, 0) is 19.8 Å². The maximum atomic E-state index is 11.6. The molecule has 4 nitrogen and oxygen atoms in total. The van der Waals surface area contributed by atoms with Gasteiger partial charge in [0, 0.05) is 18.2 Å². The number of carbonyl (C=O) groups is 1. The lowest BCUT2D eigenvalue weighted by Crippen LogP contribution is -2.29. The second kappa shape index (κ2) is 5.75. The van der Waals surface area contributed by atoms with Crippen LogP contribution < -0.4 is 11.2 Å². The van der Waals surface area contributed by atoms with Crippen molar-refractivity contribution in [3.63, 3.8) is 0 Å². The summed E-state index contributed by atoms with van der Waals surface area (Å²) in [6.45, 7) is 2.20. The fourth-order valence-corrected chi connectivity index (χ4v) is 1.65. The predicted octanol–water partition coefficient (Wildman–Crippen LogP) is 1.02. The Balaban J connectivity index is 2.33. The average molecular weight is 197 g/mol. The van der Waals surface area contributed by atoms with Crippen molar-refractivity contribution in [1.29, 1.82) is 0 Å². The van der Waals surface area contributed by atoms with Crippen molar-refractivity contribution in [2.45, 2.75) is 39.0 Å². The molecular formula is C10H19N3O. The minimum atomic E-state index is 0.0532. The molecular weight excluding hydrogens is 178 g/mol. The van der Waals surface area contributed by atoms with Crippen LogP contribution in [-0.2, 0) is 4.79 Å². The Morgan fingerprint density at radius 1 is 1.43 bits per heavy atom. The highest BCUT2D eigenvalue weighted by molar-refractivity contribution is 5.86. The maximum Gasteiger partial charge on any atom is 0.243 e. The molecule has 14 heavy (non-hydrogen) atoms. The molecule has 0 aromatic rings. The van der Waals surface area contributed by atoms with E-state index in [1.165, 1.54) is 6.42 Å². The second-order valence-electron chi connectivity index (χ2n) is 3.86. The number of hydrazone groups is 1. The first-order valence-electron chi connectivity index (χ1n) is 5.27. The third kappa shape index (κ3) is 3.46. The van der Waals surface area contributed by atoms with E-state index in [1.807, 2.05) is 0 Å². The fraction of sp³-hybridized carbons (Fsp3) is 0.800. The van der Waals surface area contributed by atoms with E-state index in [0.717, 1.165) is 31.4 Å². The quantitative estimate of drug-likeness (QED) is 0.524.